The fourth-order valence-electron chi connectivity index (χ4n) is 9.01. The van der Waals surface area contributed by atoms with Gasteiger partial charge in [-0.1, -0.05) is 64.6 Å². The van der Waals surface area contributed by atoms with Crippen molar-refractivity contribution in [3.63, 3.8) is 0 Å². The van der Waals surface area contributed by atoms with Crippen LogP contribution in [0.25, 0.3) is 17.1 Å². The largest absolute Gasteiger partial charge is 0.171 e. The van der Waals surface area contributed by atoms with Crippen molar-refractivity contribution in [3.05, 3.63) is 199 Å². The molecule has 87 heavy (non-hydrogen) atoms. The number of alkyl halides is 1. The number of anilines is 1. The number of aryl methyl sites for hydroxylation is 1. The van der Waals surface area contributed by atoms with Crippen molar-refractivity contribution in [1.82, 2.24) is 44.8 Å². The second-order valence-electron chi connectivity index (χ2n) is 18.9. The number of nitrogens with zero attached hydrogens (tertiary/aromatic N) is 11. The Morgan fingerprint density at radius 2 is 1.22 bits per heavy atom. The molecule has 457 valence electrons. The molecule has 3 N–H and O–H groups in total. The average Bonchev–Trinajstić information content (AvgIpc) is 2.04. The maximum absolute atomic E-state index is 12.2. The number of tetrazole rings is 1. The SMILES string of the molecule is CI.COc1cc(-c2nnn(-c3ccc(CCN4CCc5cnccc5C4)cc3)n2)c([N+](=O)[O-])cc1OC.COc1cc(/C=N/NS(=O)(=O)c2ccc(C)cc2)c([N+](=O)[O-])cc1OC.Nc1ccc(CCN2CCc3cnccc3C2)cc1.[2H][I-][2H].[B][B]I. The van der Waals surface area contributed by atoms with Crippen molar-refractivity contribution in [3.8, 4) is 40.1 Å². The van der Waals surface area contributed by atoms with Gasteiger partial charge >= 0.3 is 24.8 Å². The maximum Gasteiger partial charge on any atom is 0.143 e. The van der Waals surface area contributed by atoms with E-state index < -0.39 is 43.5 Å². The Labute approximate surface area is 553 Å². The molecule has 0 aliphatic carbocycles. The monoisotopic (exact) mass is 1540 g/mol. The van der Waals surface area contributed by atoms with E-state index in [9.17, 15) is 28.6 Å². The van der Waals surface area contributed by atoms with Gasteiger partial charge in [0.25, 0.3) is 21.4 Å². The number of nitro benzene ring substituents is 2. The molecule has 0 bridgehead atoms. The summed E-state index contributed by atoms with van der Waals surface area (Å²) in [5, 5.41) is 40.5. The van der Waals surface area contributed by atoms with Gasteiger partial charge in [0.05, 0.1) is 72.8 Å². The summed E-state index contributed by atoms with van der Waals surface area (Å²) >= 11 is 3.18. The Morgan fingerprint density at radius 3 is 1.71 bits per heavy atom. The number of nitrogens with two attached hydrogens (primary N) is 1. The normalized spacial score (nSPS) is 12.7. The Hall–Kier alpha value is -7.07. The van der Waals surface area contributed by atoms with Gasteiger partial charge in [-0.2, -0.15) is 35.9 Å². The number of aromatic nitrogens is 6. The number of sulfonamides is 1. The standard InChI is InChI=1S/C25H25N7O4.C16H17N3O6S.C16H19N3.CH3I.B2I.H2I/c1-35-23-13-21(22(32(33)34)14-24(23)36-2)25-27-29-31(28-25)20-5-3-17(4-6-20)8-11-30-12-9-18-15-26-10-7-19(18)16-30;1-11-4-6-13(7-5-11)26(22,23)18-17-10-12-8-15(24-2)16(25-3)9-14(12)19(20)21;17-16-3-1-13(2-4-16)6-9-19-10-7-14-11-18-8-5-15(14)12-19;1-2;1-2-3;/h3-7,10,13-15H,8-9,11-12,16H2,1-2H3;4-10,18H,1-3H3;1-5,8,11H,6-7,9-10,12,17H2;1H3;;1H2/q;;;;;-1/b;17-10+;;;;/i;;;;;1D2. The van der Waals surface area contributed by atoms with E-state index in [1.165, 1.54) is 108 Å². The quantitative estimate of drug-likeness (QED) is 0.0207. The van der Waals surface area contributed by atoms with Gasteiger partial charge in [-0.3, -0.25) is 40.0 Å². The third-order valence-electron chi connectivity index (χ3n) is 13.6. The molecular weight excluding hydrogens is 1470 g/mol. The molecule has 2 aliphatic rings. The number of ether oxygens (including phenoxy) is 4. The number of benzene rings is 5. The Bertz CT molecular complexity index is 3690. The number of pyridine rings is 2. The van der Waals surface area contributed by atoms with Gasteiger partial charge in [0.1, 0.15) is 10.6 Å². The molecular formula is C58H66B2I3N13O10S-. The van der Waals surface area contributed by atoms with Crippen molar-refractivity contribution in [2.45, 2.75) is 50.6 Å². The van der Waals surface area contributed by atoms with Gasteiger partial charge < -0.3 is 24.7 Å². The molecule has 0 saturated carbocycles. The summed E-state index contributed by atoms with van der Waals surface area (Å²) in [7, 11) is 6.44. The van der Waals surface area contributed by atoms with Gasteiger partial charge in [-0.15, -0.1) is 15.0 Å². The fraction of sp³-hybridized carbons (Fsp3) is 0.276. The van der Waals surface area contributed by atoms with E-state index >= 15 is 0 Å². The first-order chi connectivity index (χ1) is 43.0. The van der Waals surface area contributed by atoms with E-state index in [2.05, 4.69) is 87.1 Å². The van der Waals surface area contributed by atoms with Crippen LogP contribution in [-0.4, -0.2) is 138 Å². The number of hydrazone groups is 1. The molecule has 5 aromatic carbocycles. The van der Waals surface area contributed by atoms with E-state index in [-0.39, 0.29) is 50.5 Å². The second kappa shape index (κ2) is 35.7. The summed E-state index contributed by atoms with van der Waals surface area (Å²) in [5.41, 5.74) is 16.0. The van der Waals surface area contributed by atoms with E-state index in [0.29, 0.717) is 11.4 Å². The van der Waals surface area contributed by atoms with Gasteiger partial charge in [-0.05, 0) is 131 Å². The first-order valence-corrected chi connectivity index (χ1v) is 31.4. The van der Waals surface area contributed by atoms with Gasteiger partial charge in [0, 0.05) is 83.5 Å². The first-order valence-electron chi connectivity index (χ1n) is 27.3. The number of halogens is 3. The molecule has 0 saturated heterocycles. The molecule has 2 aliphatic heterocycles. The Kier molecular flexibility index (Phi) is 27.6. The zero-order chi connectivity index (χ0) is 64.9. The number of fused-ring (bicyclic) bond motifs is 2. The van der Waals surface area contributed by atoms with Crippen molar-refractivity contribution < 1.29 is 60.8 Å². The van der Waals surface area contributed by atoms with Gasteiger partial charge in [0.2, 0.25) is 5.82 Å². The molecule has 3 aromatic heterocycles. The molecule has 5 heterocycles. The predicted molar refractivity (Wildman–Crippen MR) is 353 cm³/mol. The summed E-state index contributed by atoms with van der Waals surface area (Å²) in [5.74, 6) is 1.14. The minimum absolute atomic E-state index is 0.0297. The molecule has 3 radical (unpaired) electrons. The second-order valence-corrected chi connectivity index (χ2v) is 21.3. The molecule has 10 rings (SSSR count). The predicted octanol–water partition coefficient (Wildman–Crippen LogP) is 5.39. The van der Waals surface area contributed by atoms with Crippen LogP contribution in [0.5, 0.6) is 23.0 Å². The topological polar surface area (TPSA) is 284 Å². The van der Waals surface area contributed by atoms with Crippen molar-refractivity contribution in [2.75, 3.05) is 65.3 Å². The van der Waals surface area contributed by atoms with Crippen molar-refractivity contribution >= 4 is 91.0 Å². The minimum Gasteiger partial charge on any atom is -0.171 e. The average molecular weight is 1540 g/mol. The van der Waals surface area contributed by atoms with Crippen LogP contribution in [0.15, 0.2) is 144 Å². The number of nitrogen functional groups attached to an aromatic ring is 1. The van der Waals surface area contributed by atoms with E-state index in [4.69, 9.17) is 33.6 Å². The van der Waals surface area contributed by atoms with Crippen LogP contribution in [0.4, 0.5) is 17.1 Å². The zero-order valence-corrected chi connectivity index (χ0v) is 55.9. The molecule has 0 amide bonds. The third-order valence-corrected chi connectivity index (χ3v) is 14.8. The van der Waals surface area contributed by atoms with Crippen LogP contribution in [0.2, 0.25) is 0 Å². The van der Waals surface area contributed by atoms with Crippen molar-refractivity contribution in [1.29, 1.82) is 1.19 Å². The Balaban J connectivity index is 0.000000239. The maximum atomic E-state index is 12.2. The van der Waals surface area contributed by atoms with Crippen molar-refractivity contribution in [2.24, 2.45) is 5.10 Å². The third kappa shape index (κ3) is 20.5. The summed E-state index contributed by atoms with van der Waals surface area (Å²) in [4.78, 5) is 40.5. The molecule has 0 fully saturated rings. The molecule has 0 spiro atoms. The molecule has 0 atom stereocenters. The summed E-state index contributed by atoms with van der Waals surface area (Å²) in [6, 6.07) is 31.8. The van der Waals surface area contributed by atoms with Gasteiger partial charge in [0.15, 0.2) is 23.0 Å². The van der Waals surface area contributed by atoms with Crippen LogP contribution >= 0.6 is 45.0 Å². The van der Waals surface area contributed by atoms with E-state index in [1.54, 1.807) is 12.1 Å². The molecule has 23 nitrogen and oxygen atoms in total. The number of hydrogen-bond acceptors (Lipinski definition) is 19. The number of nitrogens with one attached hydrogen (secondary N) is 1. The smallest absolute Gasteiger partial charge is 0.143 e. The molecule has 8 aromatic rings. The molecule has 29 heteroatoms. The zero-order valence-electron chi connectivity index (χ0n) is 50.6. The fourth-order valence-corrected chi connectivity index (χ4v) is 9.81. The first kappa shape index (κ1) is 67.4. The van der Waals surface area contributed by atoms with Crippen LogP contribution in [0, 0.1) is 27.2 Å². The summed E-state index contributed by atoms with van der Waals surface area (Å²) in [6.45, 7) is 8.06. The van der Waals surface area contributed by atoms with Gasteiger partial charge in [-0.25, -0.2) is 4.83 Å². The molecule has 0 unspecified atom stereocenters. The van der Waals surface area contributed by atoms with E-state index in [1.807, 2.05) is 100 Å². The number of hydrogen-bond donors (Lipinski definition) is 2. The Morgan fingerprint density at radius 1 is 0.747 bits per heavy atom. The van der Waals surface area contributed by atoms with Crippen LogP contribution in [0.1, 0.15) is 44.5 Å². The van der Waals surface area contributed by atoms with Crippen LogP contribution in [-0.2, 0) is 48.8 Å². The number of methoxy groups -OCH3 is 4. The van der Waals surface area contributed by atoms with Crippen LogP contribution in [0.3, 0.4) is 0 Å². The van der Waals surface area contributed by atoms with E-state index in [0.717, 1.165) is 82.4 Å². The number of nitro groups is 2. The summed E-state index contributed by atoms with van der Waals surface area (Å²) in [6.07, 6.45) is 12.9. The summed E-state index contributed by atoms with van der Waals surface area (Å²) < 4.78 is 56.9. The van der Waals surface area contributed by atoms with Crippen LogP contribution < -0.4 is 53.1 Å². The minimum atomic E-state index is -3.88. The number of rotatable bonds is 18.